The first-order valence-corrected chi connectivity index (χ1v) is 5.86. The van der Waals surface area contributed by atoms with Crippen LogP contribution in [0.25, 0.3) is 0 Å². The van der Waals surface area contributed by atoms with Crippen LogP contribution in [-0.4, -0.2) is 31.8 Å². The van der Waals surface area contributed by atoms with Crippen LogP contribution in [0, 0.1) is 0 Å². The second-order valence-corrected chi connectivity index (χ2v) is 4.45. The van der Waals surface area contributed by atoms with E-state index in [-0.39, 0.29) is 5.03 Å². The fourth-order valence-corrected chi connectivity index (χ4v) is 1.90. The summed E-state index contributed by atoms with van der Waals surface area (Å²) in [5.74, 6) is 0. The molecule has 7 heteroatoms. The Kier molecular flexibility index (Phi) is 4.32. The van der Waals surface area contributed by atoms with Crippen molar-refractivity contribution in [2.75, 3.05) is 13.2 Å². The van der Waals surface area contributed by atoms with E-state index in [4.69, 9.17) is 4.74 Å². The molecule has 1 rings (SSSR count). The van der Waals surface area contributed by atoms with Crippen LogP contribution in [0.15, 0.2) is 30.1 Å². The van der Waals surface area contributed by atoms with Crippen LogP contribution in [0.1, 0.15) is 6.42 Å². The molecular formula is C8H13N3O3S. The Bertz CT molecular complexity index is 385. The van der Waals surface area contributed by atoms with E-state index in [9.17, 15) is 8.42 Å². The van der Waals surface area contributed by atoms with Crippen molar-refractivity contribution in [1.29, 1.82) is 0 Å². The lowest BCUT2D eigenvalue weighted by molar-refractivity contribution is 0.247. The molecule has 0 amide bonds. The molecule has 0 aliphatic rings. The predicted octanol–water partition coefficient (Wildman–Crippen LogP) is 0.238. The molecule has 0 aliphatic heterocycles. The molecule has 1 heterocycles. The Morgan fingerprint density at radius 2 is 2.47 bits per heavy atom. The van der Waals surface area contributed by atoms with Crippen molar-refractivity contribution >= 4 is 10.0 Å². The molecule has 2 N–H and O–H groups in total. The summed E-state index contributed by atoms with van der Waals surface area (Å²) in [6.45, 7) is 4.13. The van der Waals surface area contributed by atoms with Gasteiger partial charge in [0.1, 0.15) is 0 Å². The molecule has 0 aromatic carbocycles. The van der Waals surface area contributed by atoms with Crippen molar-refractivity contribution in [2.24, 2.45) is 0 Å². The highest BCUT2D eigenvalue weighted by Crippen LogP contribution is 2.01. The van der Waals surface area contributed by atoms with Gasteiger partial charge in [-0.15, -0.1) is 0 Å². The van der Waals surface area contributed by atoms with E-state index in [1.165, 1.54) is 18.5 Å². The quantitative estimate of drug-likeness (QED) is 0.520. The lowest BCUT2D eigenvalue weighted by Crippen LogP contribution is -2.25. The molecule has 84 valence electrons. The van der Waals surface area contributed by atoms with Crippen molar-refractivity contribution < 1.29 is 13.2 Å². The molecule has 1 aromatic heterocycles. The third kappa shape index (κ3) is 3.72. The maximum atomic E-state index is 11.5. The molecule has 15 heavy (non-hydrogen) atoms. The highest BCUT2D eigenvalue weighted by Gasteiger charge is 2.13. The minimum Gasteiger partial charge on any atom is -0.502 e. The second kappa shape index (κ2) is 5.52. The minimum absolute atomic E-state index is 0.0622. The molecule has 0 radical (unpaired) electrons. The van der Waals surface area contributed by atoms with E-state index in [0.29, 0.717) is 19.6 Å². The van der Waals surface area contributed by atoms with Crippen LogP contribution >= 0.6 is 0 Å². The van der Waals surface area contributed by atoms with E-state index >= 15 is 0 Å². The smallest absolute Gasteiger partial charge is 0.257 e. The molecule has 0 bridgehead atoms. The molecule has 0 saturated carbocycles. The summed E-state index contributed by atoms with van der Waals surface area (Å²) in [5.41, 5.74) is 0. The van der Waals surface area contributed by atoms with Crippen LogP contribution in [0.5, 0.6) is 0 Å². The first kappa shape index (κ1) is 11.7. The number of nitrogens with zero attached hydrogens (tertiary/aromatic N) is 1. The summed E-state index contributed by atoms with van der Waals surface area (Å²) >= 11 is 0. The SMILES string of the molecule is C=COCCCNS(=O)(=O)c1ccn[nH]1. The highest BCUT2D eigenvalue weighted by atomic mass is 32.2. The number of sulfonamides is 1. The first-order valence-electron chi connectivity index (χ1n) is 4.38. The second-order valence-electron chi connectivity index (χ2n) is 2.71. The Morgan fingerprint density at radius 3 is 3.07 bits per heavy atom. The summed E-state index contributed by atoms with van der Waals surface area (Å²) in [5, 5.41) is 6.01. The summed E-state index contributed by atoms with van der Waals surface area (Å²) in [6, 6.07) is 1.39. The maximum Gasteiger partial charge on any atom is 0.257 e. The summed E-state index contributed by atoms with van der Waals surface area (Å²) in [7, 11) is -3.45. The number of aromatic amines is 1. The molecule has 0 atom stereocenters. The average Bonchev–Trinajstić information content (AvgIpc) is 2.70. The van der Waals surface area contributed by atoms with Gasteiger partial charge in [0.25, 0.3) is 10.0 Å². The van der Waals surface area contributed by atoms with Crippen LogP contribution in [0.2, 0.25) is 0 Å². The van der Waals surface area contributed by atoms with E-state index in [0.717, 1.165) is 0 Å². The number of ether oxygens (including phenoxy) is 1. The van der Waals surface area contributed by atoms with Crippen LogP contribution in [0.3, 0.4) is 0 Å². The van der Waals surface area contributed by atoms with Gasteiger partial charge in [-0.1, -0.05) is 6.58 Å². The van der Waals surface area contributed by atoms with Gasteiger partial charge in [-0.2, -0.15) is 5.10 Å². The molecule has 0 unspecified atom stereocenters. The van der Waals surface area contributed by atoms with E-state index in [1.54, 1.807) is 0 Å². The van der Waals surface area contributed by atoms with Crippen LogP contribution in [0.4, 0.5) is 0 Å². The zero-order valence-corrected chi connectivity index (χ0v) is 8.96. The molecule has 0 spiro atoms. The van der Waals surface area contributed by atoms with Gasteiger partial charge in [-0.3, -0.25) is 5.10 Å². The zero-order chi connectivity index (χ0) is 11.1. The molecule has 0 saturated heterocycles. The van der Waals surface area contributed by atoms with Crippen molar-refractivity contribution in [2.45, 2.75) is 11.4 Å². The molecule has 0 aliphatic carbocycles. The third-order valence-corrected chi connectivity index (χ3v) is 3.00. The molecule has 1 aromatic rings. The predicted molar refractivity (Wildman–Crippen MR) is 54.5 cm³/mol. The van der Waals surface area contributed by atoms with Crippen molar-refractivity contribution in [3.05, 3.63) is 25.1 Å². The normalized spacial score (nSPS) is 11.2. The topological polar surface area (TPSA) is 84.1 Å². The summed E-state index contributed by atoms with van der Waals surface area (Å²) in [4.78, 5) is 0. The Labute approximate surface area is 88.4 Å². The standard InChI is InChI=1S/C8H13N3O3S/c1-2-14-7-3-5-10-15(12,13)8-4-6-9-11-8/h2,4,6,10H,1,3,5,7H2,(H,9,11). The molecule has 6 nitrogen and oxygen atoms in total. The fraction of sp³-hybridized carbons (Fsp3) is 0.375. The number of hydrogen-bond donors (Lipinski definition) is 2. The van der Waals surface area contributed by atoms with Gasteiger partial charge in [0.15, 0.2) is 5.03 Å². The highest BCUT2D eigenvalue weighted by molar-refractivity contribution is 7.89. The molecule has 0 fully saturated rings. The number of rotatable bonds is 7. The summed E-state index contributed by atoms with van der Waals surface area (Å²) < 4.78 is 30.2. The van der Waals surface area contributed by atoms with Crippen molar-refractivity contribution in [1.82, 2.24) is 14.9 Å². The lowest BCUT2D eigenvalue weighted by Gasteiger charge is -2.03. The Morgan fingerprint density at radius 1 is 1.67 bits per heavy atom. The minimum atomic E-state index is -3.45. The monoisotopic (exact) mass is 231 g/mol. The van der Waals surface area contributed by atoms with Gasteiger partial charge in [0.2, 0.25) is 0 Å². The number of nitrogens with one attached hydrogen (secondary N) is 2. The van der Waals surface area contributed by atoms with Gasteiger partial charge in [0, 0.05) is 6.54 Å². The van der Waals surface area contributed by atoms with Gasteiger partial charge in [0.05, 0.1) is 19.1 Å². The van der Waals surface area contributed by atoms with E-state index in [1.807, 2.05) is 0 Å². The third-order valence-electron chi connectivity index (χ3n) is 1.61. The number of H-pyrrole nitrogens is 1. The number of aromatic nitrogens is 2. The zero-order valence-electron chi connectivity index (χ0n) is 8.14. The summed E-state index contributed by atoms with van der Waals surface area (Å²) in [6.07, 6.45) is 3.29. The van der Waals surface area contributed by atoms with Crippen molar-refractivity contribution in [3.8, 4) is 0 Å². The Balaban J connectivity index is 2.35. The van der Waals surface area contributed by atoms with Gasteiger partial charge >= 0.3 is 0 Å². The van der Waals surface area contributed by atoms with Crippen LogP contribution in [-0.2, 0) is 14.8 Å². The molecular weight excluding hydrogens is 218 g/mol. The fourth-order valence-electron chi connectivity index (χ4n) is 0.916. The van der Waals surface area contributed by atoms with E-state index < -0.39 is 10.0 Å². The number of hydrogen-bond acceptors (Lipinski definition) is 4. The largest absolute Gasteiger partial charge is 0.502 e. The first-order chi connectivity index (χ1) is 7.17. The van der Waals surface area contributed by atoms with Crippen LogP contribution < -0.4 is 4.72 Å². The maximum absolute atomic E-state index is 11.5. The Hall–Kier alpha value is -1.34. The van der Waals surface area contributed by atoms with E-state index in [2.05, 4.69) is 21.5 Å². The van der Waals surface area contributed by atoms with Crippen molar-refractivity contribution in [3.63, 3.8) is 0 Å². The average molecular weight is 231 g/mol. The van der Waals surface area contributed by atoms with Gasteiger partial charge < -0.3 is 4.74 Å². The van der Waals surface area contributed by atoms with Gasteiger partial charge in [-0.05, 0) is 12.5 Å². The lowest BCUT2D eigenvalue weighted by atomic mass is 10.5. The van der Waals surface area contributed by atoms with Gasteiger partial charge in [-0.25, -0.2) is 13.1 Å².